The average Bonchev–Trinajstić information content (AvgIpc) is 2.10. The van der Waals surface area contributed by atoms with Gasteiger partial charge in [-0.05, 0) is 12.8 Å². The Hall–Kier alpha value is -0.770. The zero-order valence-electron chi connectivity index (χ0n) is 7.89. The quantitative estimate of drug-likeness (QED) is 0.564. The van der Waals surface area contributed by atoms with Crippen LogP contribution in [-0.4, -0.2) is 25.2 Å². The van der Waals surface area contributed by atoms with Crippen LogP contribution in [0.3, 0.4) is 0 Å². The third-order valence-electron chi connectivity index (χ3n) is 1.58. The smallest absolute Gasteiger partial charge is 0.314 e. The van der Waals surface area contributed by atoms with E-state index in [1.54, 1.807) is 0 Å². The van der Waals surface area contributed by atoms with E-state index in [1.807, 2.05) is 13.8 Å². The number of nitrogens with one attached hydrogen (secondary N) is 2. The summed E-state index contributed by atoms with van der Waals surface area (Å²) in [6.07, 6.45) is 1.83. The molecule has 0 rings (SSSR count). The number of hydrogen-bond donors (Lipinski definition) is 3. The van der Waals surface area contributed by atoms with Crippen LogP contribution in [0.25, 0.3) is 0 Å². The standard InChI is InChI=1S/C8H19N3O/c1-3-5-10-8(12)11-6-7(9)4-2/h7H,3-6,9H2,1-2H3,(H2,10,11,12). The number of carbonyl (C=O) groups excluding carboxylic acids is 1. The monoisotopic (exact) mass is 173 g/mol. The maximum atomic E-state index is 10.9. The van der Waals surface area contributed by atoms with Crippen molar-refractivity contribution in [1.29, 1.82) is 0 Å². The summed E-state index contributed by atoms with van der Waals surface area (Å²) in [7, 11) is 0. The molecule has 0 spiro atoms. The van der Waals surface area contributed by atoms with Crippen LogP contribution in [-0.2, 0) is 0 Å². The highest BCUT2D eigenvalue weighted by Crippen LogP contribution is 1.82. The minimum atomic E-state index is -0.124. The summed E-state index contributed by atoms with van der Waals surface area (Å²) in [5.41, 5.74) is 5.61. The van der Waals surface area contributed by atoms with E-state index in [9.17, 15) is 4.79 Å². The molecule has 12 heavy (non-hydrogen) atoms. The lowest BCUT2D eigenvalue weighted by atomic mass is 10.2. The van der Waals surface area contributed by atoms with Gasteiger partial charge in [0, 0.05) is 19.1 Å². The van der Waals surface area contributed by atoms with Gasteiger partial charge in [-0.1, -0.05) is 13.8 Å². The normalized spacial score (nSPS) is 12.2. The number of amides is 2. The van der Waals surface area contributed by atoms with Crippen molar-refractivity contribution in [3.05, 3.63) is 0 Å². The fraction of sp³-hybridized carbons (Fsp3) is 0.875. The van der Waals surface area contributed by atoms with Crippen molar-refractivity contribution in [2.24, 2.45) is 5.73 Å². The Morgan fingerprint density at radius 3 is 2.58 bits per heavy atom. The fourth-order valence-corrected chi connectivity index (χ4v) is 0.669. The van der Waals surface area contributed by atoms with Crippen molar-refractivity contribution < 1.29 is 4.79 Å². The first-order valence-electron chi connectivity index (χ1n) is 4.48. The number of carbonyl (C=O) groups is 1. The second-order valence-corrected chi connectivity index (χ2v) is 2.81. The van der Waals surface area contributed by atoms with Gasteiger partial charge >= 0.3 is 6.03 Å². The summed E-state index contributed by atoms with van der Waals surface area (Å²) in [5.74, 6) is 0. The Morgan fingerprint density at radius 2 is 2.08 bits per heavy atom. The molecule has 0 bridgehead atoms. The summed E-state index contributed by atoms with van der Waals surface area (Å²) in [4.78, 5) is 10.9. The second-order valence-electron chi connectivity index (χ2n) is 2.81. The molecule has 1 unspecified atom stereocenters. The SMILES string of the molecule is CCCNC(=O)NCC(N)CC. The molecule has 72 valence electrons. The predicted molar refractivity (Wildman–Crippen MR) is 50.0 cm³/mol. The van der Waals surface area contributed by atoms with Crippen LogP contribution in [0.1, 0.15) is 26.7 Å². The highest BCUT2D eigenvalue weighted by atomic mass is 16.2. The zero-order valence-corrected chi connectivity index (χ0v) is 7.89. The van der Waals surface area contributed by atoms with Crippen LogP contribution in [0.2, 0.25) is 0 Å². The van der Waals surface area contributed by atoms with Crippen molar-refractivity contribution in [1.82, 2.24) is 10.6 Å². The molecule has 0 aliphatic heterocycles. The molecule has 4 heteroatoms. The van der Waals surface area contributed by atoms with Gasteiger partial charge in [0.05, 0.1) is 0 Å². The minimum absolute atomic E-state index is 0.0670. The summed E-state index contributed by atoms with van der Waals surface area (Å²) in [5, 5.41) is 5.40. The molecule has 0 aliphatic carbocycles. The molecule has 0 aromatic rings. The Labute approximate surface area is 73.9 Å². The Balaban J connectivity index is 3.31. The zero-order chi connectivity index (χ0) is 9.40. The molecule has 1 atom stereocenters. The van der Waals surface area contributed by atoms with Gasteiger partial charge in [-0.3, -0.25) is 0 Å². The lowest BCUT2D eigenvalue weighted by Gasteiger charge is -2.10. The number of nitrogens with two attached hydrogens (primary N) is 1. The van der Waals surface area contributed by atoms with Crippen LogP contribution in [0.5, 0.6) is 0 Å². The topological polar surface area (TPSA) is 67.2 Å². The van der Waals surface area contributed by atoms with E-state index in [0.717, 1.165) is 12.8 Å². The van der Waals surface area contributed by atoms with Crippen molar-refractivity contribution in [2.45, 2.75) is 32.7 Å². The summed E-state index contributed by atoms with van der Waals surface area (Å²) < 4.78 is 0. The summed E-state index contributed by atoms with van der Waals surface area (Å²) >= 11 is 0. The largest absolute Gasteiger partial charge is 0.338 e. The van der Waals surface area contributed by atoms with Gasteiger partial charge in [-0.2, -0.15) is 0 Å². The van der Waals surface area contributed by atoms with E-state index in [1.165, 1.54) is 0 Å². The van der Waals surface area contributed by atoms with E-state index in [2.05, 4.69) is 10.6 Å². The van der Waals surface area contributed by atoms with Crippen LogP contribution in [0.4, 0.5) is 4.79 Å². The Kier molecular flexibility index (Phi) is 6.47. The molecule has 2 amide bonds. The maximum Gasteiger partial charge on any atom is 0.314 e. The van der Waals surface area contributed by atoms with Crippen LogP contribution >= 0.6 is 0 Å². The third-order valence-corrected chi connectivity index (χ3v) is 1.58. The van der Waals surface area contributed by atoms with Gasteiger partial charge in [0.2, 0.25) is 0 Å². The molecular formula is C8H19N3O. The lowest BCUT2D eigenvalue weighted by molar-refractivity contribution is 0.240. The first-order chi connectivity index (χ1) is 5.70. The molecule has 4 N–H and O–H groups in total. The molecular weight excluding hydrogens is 154 g/mol. The lowest BCUT2D eigenvalue weighted by Crippen LogP contribution is -2.42. The van der Waals surface area contributed by atoms with Crippen molar-refractivity contribution in [3.63, 3.8) is 0 Å². The molecule has 0 aliphatic rings. The second kappa shape index (κ2) is 6.91. The van der Waals surface area contributed by atoms with E-state index < -0.39 is 0 Å². The van der Waals surface area contributed by atoms with Crippen molar-refractivity contribution in [2.75, 3.05) is 13.1 Å². The maximum absolute atomic E-state index is 10.9. The molecule has 0 aromatic carbocycles. The minimum Gasteiger partial charge on any atom is -0.338 e. The van der Waals surface area contributed by atoms with Crippen LogP contribution < -0.4 is 16.4 Å². The van der Waals surface area contributed by atoms with Crippen LogP contribution in [0, 0.1) is 0 Å². The third kappa shape index (κ3) is 5.97. The van der Waals surface area contributed by atoms with Gasteiger partial charge in [-0.25, -0.2) is 4.79 Å². The first kappa shape index (κ1) is 11.2. The van der Waals surface area contributed by atoms with Gasteiger partial charge in [0.15, 0.2) is 0 Å². The van der Waals surface area contributed by atoms with Gasteiger partial charge < -0.3 is 16.4 Å². The Morgan fingerprint density at radius 1 is 1.42 bits per heavy atom. The van der Waals surface area contributed by atoms with Crippen molar-refractivity contribution >= 4 is 6.03 Å². The molecule has 0 heterocycles. The molecule has 0 fully saturated rings. The van der Waals surface area contributed by atoms with Crippen molar-refractivity contribution in [3.8, 4) is 0 Å². The van der Waals surface area contributed by atoms with E-state index >= 15 is 0 Å². The molecule has 0 saturated carbocycles. The number of rotatable bonds is 5. The van der Waals surface area contributed by atoms with E-state index in [-0.39, 0.29) is 12.1 Å². The van der Waals surface area contributed by atoms with E-state index in [0.29, 0.717) is 13.1 Å². The molecule has 4 nitrogen and oxygen atoms in total. The first-order valence-corrected chi connectivity index (χ1v) is 4.48. The highest BCUT2D eigenvalue weighted by molar-refractivity contribution is 5.73. The average molecular weight is 173 g/mol. The molecule has 0 saturated heterocycles. The predicted octanol–water partition coefficient (Wildman–Crippen LogP) is 0.433. The molecule has 0 aromatic heterocycles. The number of urea groups is 1. The highest BCUT2D eigenvalue weighted by Gasteiger charge is 2.01. The molecule has 0 radical (unpaired) electrons. The van der Waals surface area contributed by atoms with Gasteiger partial charge in [0.1, 0.15) is 0 Å². The summed E-state index contributed by atoms with van der Waals surface area (Å²) in [6.45, 7) is 5.27. The fourth-order valence-electron chi connectivity index (χ4n) is 0.669. The Bertz CT molecular complexity index is 127. The van der Waals surface area contributed by atoms with Gasteiger partial charge in [0.25, 0.3) is 0 Å². The summed E-state index contributed by atoms with van der Waals surface area (Å²) in [6, 6.07) is -0.0573. The van der Waals surface area contributed by atoms with Gasteiger partial charge in [-0.15, -0.1) is 0 Å². The van der Waals surface area contributed by atoms with E-state index in [4.69, 9.17) is 5.73 Å². The number of hydrogen-bond acceptors (Lipinski definition) is 2. The van der Waals surface area contributed by atoms with Crippen LogP contribution in [0.15, 0.2) is 0 Å².